The molecular weight excluding hydrogens is 418 g/mol. The number of rotatable bonds is 6. The zero-order valence-corrected chi connectivity index (χ0v) is 18.5. The summed E-state index contributed by atoms with van der Waals surface area (Å²) < 4.78 is 1.62. The molecule has 0 spiro atoms. The lowest BCUT2D eigenvalue weighted by Gasteiger charge is -2.19. The molecule has 1 saturated carbocycles. The van der Waals surface area contributed by atoms with E-state index in [9.17, 15) is 9.59 Å². The predicted molar refractivity (Wildman–Crippen MR) is 128 cm³/mol. The summed E-state index contributed by atoms with van der Waals surface area (Å²) in [6, 6.07) is 25.0. The van der Waals surface area contributed by atoms with Gasteiger partial charge in [0.25, 0.3) is 5.56 Å². The minimum Gasteiger partial charge on any atom is -0.352 e. The van der Waals surface area contributed by atoms with E-state index in [2.05, 4.69) is 5.32 Å². The van der Waals surface area contributed by atoms with Crippen LogP contribution >= 0.6 is 11.8 Å². The van der Waals surface area contributed by atoms with Crippen LogP contribution in [-0.2, 0) is 4.79 Å². The van der Waals surface area contributed by atoms with Gasteiger partial charge in [-0.15, -0.1) is 0 Å². The Hall–Kier alpha value is -3.38. The van der Waals surface area contributed by atoms with Crippen LogP contribution in [0, 0.1) is 6.92 Å². The molecule has 6 heteroatoms. The van der Waals surface area contributed by atoms with Crippen molar-refractivity contribution in [3.63, 3.8) is 0 Å². The van der Waals surface area contributed by atoms with Crippen LogP contribution in [0.25, 0.3) is 16.6 Å². The van der Waals surface area contributed by atoms with Crippen LogP contribution in [-0.4, -0.2) is 21.5 Å². The summed E-state index contributed by atoms with van der Waals surface area (Å²) in [5.74, 6) is -0.0541. The van der Waals surface area contributed by atoms with E-state index in [1.165, 1.54) is 11.8 Å². The molecule has 1 aliphatic rings. The van der Waals surface area contributed by atoms with Gasteiger partial charge in [0.05, 0.1) is 16.6 Å². The first-order chi connectivity index (χ1) is 15.6. The van der Waals surface area contributed by atoms with Crippen LogP contribution in [0.15, 0.2) is 88.8 Å². The molecule has 160 valence electrons. The van der Waals surface area contributed by atoms with Gasteiger partial charge in [-0.1, -0.05) is 71.9 Å². The van der Waals surface area contributed by atoms with Crippen molar-refractivity contribution in [3.8, 4) is 5.69 Å². The molecule has 1 N–H and O–H groups in total. The number of hydrogen-bond acceptors (Lipinski definition) is 4. The average Bonchev–Trinajstić information content (AvgIpc) is 3.63. The Morgan fingerprint density at radius 2 is 1.69 bits per heavy atom. The Labute approximate surface area is 190 Å². The summed E-state index contributed by atoms with van der Waals surface area (Å²) in [4.78, 5) is 31.5. The van der Waals surface area contributed by atoms with Crippen LogP contribution in [0.2, 0.25) is 0 Å². The van der Waals surface area contributed by atoms with Crippen LogP contribution in [0.5, 0.6) is 0 Å². The normalized spacial score (nSPS) is 14.3. The fraction of sp³-hybridized carbons (Fsp3) is 0.192. The molecule has 0 bridgehead atoms. The monoisotopic (exact) mass is 441 g/mol. The number of carbonyl (C=O) groups is 1. The molecule has 1 amide bonds. The fourth-order valence-electron chi connectivity index (χ4n) is 3.62. The maximum Gasteiger partial charge on any atom is 0.266 e. The third-order valence-corrected chi connectivity index (χ3v) is 6.73. The van der Waals surface area contributed by atoms with Crippen molar-refractivity contribution >= 4 is 28.6 Å². The lowest BCUT2D eigenvalue weighted by molar-refractivity contribution is -0.120. The quantitative estimate of drug-likeness (QED) is 0.345. The van der Waals surface area contributed by atoms with E-state index in [4.69, 9.17) is 4.98 Å². The van der Waals surface area contributed by atoms with E-state index in [0.717, 1.165) is 29.7 Å². The van der Waals surface area contributed by atoms with Gasteiger partial charge in [-0.3, -0.25) is 14.2 Å². The molecule has 1 atom stereocenters. The SMILES string of the molecule is Cc1ccc(-n2c(SC(C(=O)NC3CC3)c3ccccc3)nc3ccccc3c2=O)cc1. The zero-order chi connectivity index (χ0) is 22.1. The number of nitrogens with zero attached hydrogens (tertiary/aromatic N) is 2. The van der Waals surface area contributed by atoms with Gasteiger partial charge in [0.15, 0.2) is 5.16 Å². The third-order valence-electron chi connectivity index (χ3n) is 5.52. The van der Waals surface area contributed by atoms with Crippen molar-refractivity contribution in [1.82, 2.24) is 14.9 Å². The van der Waals surface area contributed by atoms with Gasteiger partial charge in [0.2, 0.25) is 5.91 Å². The van der Waals surface area contributed by atoms with Crippen molar-refractivity contribution in [1.29, 1.82) is 0 Å². The number of fused-ring (bicyclic) bond motifs is 1. The second-order valence-corrected chi connectivity index (χ2v) is 9.15. The highest BCUT2D eigenvalue weighted by Crippen LogP contribution is 2.36. The number of benzene rings is 3. The number of thioether (sulfide) groups is 1. The molecule has 32 heavy (non-hydrogen) atoms. The summed E-state index contributed by atoms with van der Waals surface area (Å²) in [7, 11) is 0. The molecule has 4 aromatic rings. The zero-order valence-electron chi connectivity index (χ0n) is 17.7. The van der Waals surface area contributed by atoms with Crippen LogP contribution in [0.1, 0.15) is 29.2 Å². The number of aryl methyl sites for hydroxylation is 1. The number of hydrogen-bond donors (Lipinski definition) is 1. The Morgan fingerprint density at radius 3 is 2.41 bits per heavy atom. The van der Waals surface area contributed by atoms with Gasteiger partial charge in [0.1, 0.15) is 5.25 Å². The van der Waals surface area contributed by atoms with Gasteiger partial charge >= 0.3 is 0 Å². The van der Waals surface area contributed by atoms with Crippen molar-refractivity contribution in [3.05, 3.63) is 100 Å². The summed E-state index contributed by atoms with van der Waals surface area (Å²) in [5, 5.41) is 3.65. The predicted octanol–water partition coefficient (Wildman–Crippen LogP) is 4.81. The molecule has 5 rings (SSSR count). The highest BCUT2D eigenvalue weighted by atomic mass is 32.2. The molecule has 0 radical (unpaired) electrons. The van der Waals surface area contributed by atoms with Crippen molar-refractivity contribution < 1.29 is 4.79 Å². The van der Waals surface area contributed by atoms with E-state index < -0.39 is 5.25 Å². The molecule has 1 aliphatic carbocycles. The van der Waals surface area contributed by atoms with Crippen molar-refractivity contribution in [2.75, 3.05) is 0 Å². The molecule has 1 unspecified atom stereocenters. The highest BCUT2D eigenvalue weighted by Gasteiger charge is 2.30. The van der Waals surface area contributed by atoms with Gasteiger partial charge in [-0.2, -0.15) is 0 Å². The third kappa shape index (κ3) is 4.18. The van der Waals surface area contributed by atoms with E-state index in [1.54, 1.807) is 10.6 Å². The number of nitrogens with one attached hydrogen (secondary N) is 1. The summed E-state index contributed by atoms with van der Waals surface area (Å²) in [6.45, 7) is 2.01. The molecule has 3 aromatic carbocycles. The minimum absolute atomic E-state index is 0.0541. The first-order valence-electron chi connectivity index (χ1n) is 10.7. The van der Waals surface area contributed by atoms with Gasteiger partial charge in [-0.05, 0) is 49.6 Å². The van der Waals surface area contributed by atoms with Crippen LogP contribution < -0.4 is 10.9 Å². The number of aromatic nitrogens is 2. The number of para-hydroxylation sites is 1. The topological polar surface area (TPSA) is 64.0 Å². The van der Waals surface area contributed by atoms with Gasteiger partial charge in [0, 0.05) is 6.04 Å². The number of amides is 1. The first-order valence-corrected chi connectivity index (χ1v) is 11.6. The highest BCUT2D eigenvalue weighted by molar-refractivity contribution is 8.00. The van der Waals surface area contributed by atoms with Crippen molar-refractivity contribution in [2.45, 2.75) is 36.2 Å². The van der Waals surface area contributed by atoms with E-state index in [-0.39, 0.29) is 17.5 Å². The average molecular weight is 442 g/mol. The Bertz CT molecular complexity index is 1330. The second kappa shape index (κ2) is 8.63. The lowest BCUT2D eigenvalue weighted by atomic mass is 10.1. The smallest absolute Gasteiger partial charge is 0.266 e. The molecule has 1 heterocycles. The second-order valence-electron chi connectivity index (χ2n) is 8.08. The standard InChI is InChI=1S/C26H23N3O2S/c1-17-11-15-20(16-12-17)29-25(31)21-9-5-6-10-22(21)28-26(29)32-23(18-7-3-2-4-8-18)24(30)27-19-13-14-19/h2-12,15-16,19,23H,13-14H2,1H3,(H,27,30). The molecule has 0 saturated heterocycles. The summed E-state index contributed by atoms with van der Waals surface area (Å²) >= 11 is 1.31. The molecule has 5 nitrogen and oxygen atoms in total. The molecule has 1 fully saturated rings. The Balaban J connectivity index is 1.65. The van der Waals surface area contributed by atoms with Crippen LogP contribution in [0.4, 0.5) is 0 Å². The summed E-state index contributed by atoms with van der Waals surface area (Å²) in [5.41, 5.74) is 3.20. The minimum atomic E-state index is -0.512. The number of carbonyl (C=O) groups excluding carboxylic acids is 1. The molecular formula is C26H23N3O2S. The summed E-state index contributed by atoms with van der Waals surface area (Å²) in [6.07, 6.45) is 2.03. The maximum absolute atomic E-state index is 13.5. The Kier molecular flexibility index (Phi) is 5.53. The molecule has 0 aliphatic heterocycles. The largest absolute Gasteiger partial charge is 0.352 e. The van der Waals surface area contributed by atoms with E-state index in [1.807, 2.05) is 79.7 Å². The van der Waals surface area contributed by atoms with Gasteiger partial charge in [-0.25, -0.2) is 4.98 Å². The van der Waals surface area contributed by atoms with Gasteiger partial charge < -0.3 is 5.32 Å². The Morgan fingerprint density at radius 1 is 1.00 bits per heavy atom. The fourth-order valence-corrected chi connectivity index (χ4v) is 4.75. The van der Waals surface area contributed by atoms with Crippen LogP contribution in [0.3, 0.4) is 0 Å². The lowest BCUT2D eigenvalue weighted by Crippen LogP contribution is -2.30. The molecule has 1 aromatic heterocycles. The van der Waals surface area contributed by atoms with E-state index >= 15 is 0 Å². The maximum atomic E-state index is 13.5. The van der Waals surface area contributed by atoms with Crippen molar-refractivity contribution in [2.24, 2.45) is 0 Å². The van der Waals surface area contributed by atoms with E-state index in [0.29, 0.717) is 16.1 Å². The first kappa shape index (κ1) is 20.5.